The van der Waals surface area contributed by atoms with E-state index in [2.05, 4.69) is 15.0 Å². The fraction of sp³-hybridized carbons (Fsp3) is 0.143. The van der Waals surface area contributed by atoms with Crippen molar-refractivity contribution in [3.63, 3.8) is 0 Å². The zero-order chi connectivity index (χ0) is 16.2. The Balaban J connectivity index is 1.93. The predicted molar refractivity (Wildman–Crippen MR) is 77.6 cm³/mol. The Morgan fingerprint density at radius 2 is 2.00 bits per heavy atom. The van der Waals surface area contributed by atoms with Crippen LogP contribution in [0.15, 0.2) is 36.5 Å². The number of hydrogen-bond acceptors (Lipinski definition) is 4. The molecule has 0 bridgehead atoms. The van der Waals surface area contributed by atoms with Gasteiger partial charge < -0.3 is 4.74 Å². The van der Waals surface area contributed by atoms with Crippen LogP contribution in [0.3, 0.4) is 0 Å². The third kappa shape index (κ3) is 5.21. The van der Waals surface area contributed by atoms with Gasteiger partial charge in [0.15, 0.2) is 5.13 Å². The zero-order valence-electron chi connectivity index (χ0n) is 11.3. The van der Waals surface area contributed by atoms with Gasteiger partial charge in [0.1, 0.15) is 5.75 Å². The summed E-state index contributed by atoms with van der Waals surface area (Å²) in [5.41, 5.74) is 0.569. The lowest BCUT2D eigenvalue weighted by Crippen LogP contribution is -2.16. The molecular formula is C14H11F3N2O2S. The van der Waals surface area contributed by atoms with Crippen molar-refractivity contribution >= 4 is 28.5 Å². The Morgan fingerprint density at radius 3 is 2.55 bits per heavy atom. The number of aryl methyl sites for hydroxylation is 1. The highest BCUT2D eigenvalue weighted by Crippen LogP contribution is 2.23. The molecule has 0 aliphatic rings. The van der Waals surface area contributed by atoms with Gasteiger partial charge in [-0.15, -0.1) is 24.5 Å². The SMILES string of the molecule is Cc1cnc(NC(=O)C=Cc2ccc(OC(F)(F)F)cc2)s1. The molecule has 1 N–H and O–H groups in total. The van der Waals surface area contributed by atoms with Gasteiger partial charge in [-0.1, -0.05) is 12.1 Å². The van der Waals surface area contributed by atoms with Gasteiger partial charge in [0, 0.05) is 17.2 Å². The van der Waals surface area contributed by atoms with Crippen LogP contribution >= 0.6 is 11.3 Å². The number of anilines is 1. The van der Waals surface area contributed by atoms with Gasteiger partial charge in [-0.25, -0.2) is 4.98 Å². The number of nitrogens with zero attached hydrogens (tertiary/aromatic N) is 1. The van der Waals surface area contributed by atoms with Gasteiger partial charge in [-0.3, -0.25) is 10.1 Å². The Labute approximate surface area is 128 Å². The molecule has 8 heteroatoms. The van der Waals surface area contributed by atoms with E-state index in [0.717, 1.165) is 4.88 Å². The summed E-state index contributed by atoms with van der Waals surface area (Å²) in [5.74, 6) is -0.683. The van der Waals surface area contributed by atoms with Crippen LogP contribution in [0.4, 0.5) is 18.3 Å². The number of amides is 1. The van der Waals surface area contributed by atoms with Crippen LogP contribution in [-0.4, -0.2) is 17.3 Å². The third-order valence-corrected chi connectivity index (χ3v) is 3.22. The van der Waals surface area contributed by atoms with Gasteiger partial charge in [0.2, 0.25) is 5.91 Å². The number of thiazole rings is 1. The highest BCUT2D eigenvalue weighted by atomic mass is 32.1. The number of hydrogen-bond donors (Lipinski definition) is 1. The van der Waals surface area contributed by atoms with E-state index in [1.54, 1.807) is 6.20 Å². The minimum atomic E-state index is -4.72. The second-order valence-corrected chi connectivity index (χ2v) is 5.45. The molecule has 1 heterocycles. The molecule has 0 spiro atoms. The smallest absolute Gasteiger partial charge is 0.406 e. The molecule has 1 amide bonds. The quantitative estimate of drug-likeness (QED) is 0.863. The van der Waals surface area contributed by atoms with Crippen molar-refractivity contribution in [2.24, 2.45) is 0 Å². The van der Waals surface area contributed by atoms with Crippen molar-refractivity contribution in [2.45, 2.75) is 13.3 Å². The van der Waals surface area contributed by atoms with Gasteiger partial charge in [-0.2, -0.15) is 0 Å². The number of aromatic nitrogens is 1. The molecule has 0 aliphatic carbocycles. The second kappa shape index (κ2) is 6.61. The molecule has 0 saturated carbocycles. The van der Waals surface area contributed by atoms with Gasteiger partial charge >= 0.3 is 6.36 Å². The number of alkyl halides is 3. The number of ether oxygens (including phenoxy) is 1. The molecule has 116 valence electrons. The van der Waals surface area contributed by atoms with E-state index < -0.39 is 6.36 Å². The molecule has 4 nitrogen and oxygen atoms in total. The fourth-order valence-electron chi connectivity index (χ4n) is 1.51. The number of carbonyl (C=O) groups excluding carboxylic acids is 1. The molecule has 0 fully saturated rings. The maximum atomic E-state index is 12.0. The average molecular weight is 328 g/mol. The predicted octanol–water partition coefficient (Wildman–Crippen LogP) is 4.00. The van der Waals surface area contributed by atoms with E-state index in [-0.39, 0.29) is 11.7 Å². The molecule has 0 saturated heterocycles. The summed E-state index contributed by atoms with van der Waals surface area (Å²) < 4.78 is 39.8. The van der Waals surface area contributed by atoms with E-state index >= 15 is 0 Å². The van der Waals surface area contributed by atoms with Crippen molar-refractivity contribution in [2.75, 3.05) is 5.32 Å². The standard InChI is InChI=1S/C14H11F3N2O2S/c1-9-8-18-13(22-9)19-12(20)7-4-10-2-5-11(6-3-10)21-14(15,16)17/h2-8H,1H3,(H,18,19,20). The first-order valence-electron chi connectivity index (χ1n) is 6.09. The zero-order valence-corrected chi connectivity index (χ0v) is 12.2. The topological polar surface area (TPSA) is 51.2 Å². The number of halogens is 3. The number of nitrogens with one attached hydrogen (secondary N) is 1. The largest absolute Gasteiger partial charge is 0.573 e. The van der Waals surface area contributed by atoms with Crippen LogP contribution in [0, 0.1) is 6.92 Å². The average Bonchev–Trinajstić information content (AvgIpc) is 2.81. The Bertz CT molecular complexity index is 678. The summed E-state index contributed by atoms with van der Waals surface area (Å²) >= 11 is 1.34. The molecule has 2 aromatic rings. The number of carbonyl (C=O) groups is 1. The molecule has 0 unspecified atom stereocenters. The summed E-state index contributed by atoms with van der Waals surface area (Å²) in [5, 5.41) is 3.07. The second-order valence-electron chi connectivity index (χ2n) is 4.22. The third-order valence-electron chi connectivity index (χ3n) is 2.39. The van der Waals surface area contributed by atoms with E-state index in [9.17, 15) is 18.0 Å². The van der Waals surface area contributed by atoms with Gasteiger partial charge in [-0.05, 0) is 30.7 Å². The Morgan fingerprint density at radius 1 is 1.32 bits per heavy atom. The van der Waals surface area contributed by atoms with Crippen LogP contribution in [0.5, 0.6) is 5.75 Å². The van der Waals surface area contributed by atoms with Crippen molar-refractivity contribution in [3.05, 3.63) is 47.0 Å². The number of rotatable bonds is 4. The molecular weight excluding hydrogens is 317 g/mol. The summed E-state index contributed by atoms with van der Waals surface area (Å²) in [7, 11) is 0. The lowest BCUT2D eigenvalue weighted by atomic mass is 10.2. The van der Waals surface area contributed by atoms with E-state index in [1.165, 1.54) is 47.8 Å². The van der Waals surface area contributed by atoms with E-state index in [1.807, 2.05) is 6.92 Å². The lowest BCUT2D eigenvalue weighted by Gasteiger charge is -2.08. The van der Waals surface area contributed by atoms with Crippen LogP contribution in [-0.2, 0) is 4.79 Å². The molecule has 0 atom stereocenters. The monoisotopic (exact) mass is 328 g/mol. The Hall–Kier alpha value is -2.35. The summed E-state index contributed by atoms with van der Waals surface area (Å²) in [6.45, 7) is 1.87. The minimum absolute atomic E-state index is 0.313. The first kappa shape index (κ1) is 16.0. The maximum absolute atomic E-state index is 12.0. The highest BCUT2D eigenvalue weighted by molar-refractivity contribution is 7.15. The van der Waals surface area contributed by atoms with Crippen LogP contribution in [0.2, 0.25) is 0 Å². The molecule has 1 aromatic heterocycles. The van der Waals surface area contributed by atoms with Gasteiger partial charge in [0.05, 0.1) is 0 Å². The minimum Gasteiger partial charge on any atom is -0.406 e. The van der Waals surface area contributed by atoms with Gasteiger partial charge in [0.25, 0.3) is 0 Å². The summed E-state index contributed by atoms with van der Waals surface area (Å²) in [6, 6.07) is 5.18. The van der Waals surface area contributed by atoms with Crippen LogP contribution in [0.25, 0.3) is 6.08 Å². The molecule has 0 radical (unpaired) electrons. The first-order valence-corrected chi connectivity index (χ1v) is 6.91. The molecule has 22 heavy (non-hydrogen) atoms. The highest BCUT2D eigenvalue weighted by Gasteiger charge is 2.30. The fourth-order valence-corrected chi connectivity index (χ4v) is 2.18. The van der Waals surface area contributed by atoms with Crippen molar-refractivity contribution in [1.29, 1.82) is 0 Å². The van der Waals surface area contributed by atoms with E-state index in [4.69, 9.17) is 0 Å². The van der Waals surface area contributed by atoms with E-state index in [0.29, 0.717) is 10.7 Å². The lowest BCUT2D eigenvalue weighted by molar-refractivity contribution is -0.274. The molecule has 2 rings (SSSR count). The van der Waals surface area contributed by atoms with Crippen molar-refractivity contribution in [3.8, 4) is 5.75 Å². The first-order chi connectivity index (χ1) is 10.3. The van der Waals surface area contributed by atoms with Crippen molar-refractivity contribution < 1.29 is 22.7 Å². The van der Waals surface area contributed by atoms with Crippen molar-refractivity contribution in [1.82, 2.24) is 4.98 Å². The Kier molecular flexibility index (Phi) is 4.81. The maximum Gasteiger partial charge on any atom is 0.573 e. The normalized spacial score (nSPS) is 11.6. The molecule has 0 aliphatic heterocycles. The number of benzene rings is 1. The van der Waals surface area contributed by atoms with Crippen LogP contribution < -0.4 is 10.1 Å². The summed E-state index contributed by atoms with van der Waals surface area (Å²) in [6.07, 6.45) is -0.323. The summed E-state index contributed by atoms with van der Waals surface area (Å²) in [4.78, 5) is 16.6. The molecule has 1 aromatic carbocycles. The van der Waals surface area contributed by atoms with Crippen LogP contribution in [0.1, 0.15) is 10.4 Å².